The van der Waals surface area contributed by atoms with Gasteiger partial charge in [0.25, 0.3) is 0 Å². The van der Waals surface area contributed by atoms with Crippen molar-refractivity contribution in [3.63, 3.8) is 0 Å². The molecule has 0 aromatic heterocycles. The van der Waals surface area contributed by atoms with E-state index in [2.05, 4.69) is 0 Å². The van der Waals surface area contributed by atoms with E-state index in [1.165, 1.54) is 6.07 Å². The highest BCUT2D eigenvalue weighted by molar-refractivity contribution is 6.32. The van der Waals surface area contributed by atoms with Gasteiger partial charge in [-0.1, -0.05) is 11.6 Å². The van der Waals surface area contributed by atoms with Gasteiger partial charge in [0.1, 0.15) is 5.75 Å². The summed E-state index contributed by atoms with van der Waals surface area (Å²) in [5, 5.41) is 9.04. The highest BCUT2D eigenvalue weighted by atomic mass is 35.5. The minimum Gasteiger partial charge on any atom is -0.492 e. The molecule has 5 heteroatoms. The highest BCUT2D eigenvalue weighted by Gasteiger charge is 2.06. The lowest BCUT2D eigenvalue weighted by atomic mass is 10.2. The van der Waals surface area contributed by atoms with Gasteiger partial charge in [0.15, 0.2) is 0 Å². The summed E-state index contributed by atoms with van der Waals surface area (Å²) in [4.78, 5) is 0. The third-order valence-electron chi connectivity index (χ3n) is 1.52. The fourth-order valence-electron chi connectivity index (χ4n) is 0.932. The summed E-state index contributed by atoms with van der Waals surface area (Å²) in [5.74, 6) is 0.515. The maximum absolute atomic E-state index is 8.63. The van der Waals surface area contributed by atoms with E-state index < -0.39 is 0 Å². The van der Waals surface area contributed by atoms with Gasteiger partial charge in [-0.05, 0) is 13.0 Å². The fraction of sp³-hybridized carbons (Fsp3) is 0.250. The molecule has 4 N–H and O–H groups in total. The van der Waals surface area contributed by atoms with Crippen molar-refractivity contribution in [2.24, 2.45) is 0 Å². The van der Waals surface area contributed by atoms with Crippen LogP contribution in [-0.2, 0) is 0 Å². The summed E-state index contributed by atoms with van der Waals surface area (Å²) in [6.45, 7) is 2.37. The Hall–Kier alpha value is -1.13. The zero-order chi connectivity index (χ0) is 9.84. The van der Waals surface area contributed by atoms with E-state index in [4.69, 9.17) is 27.3 Å². The first-order chi connectivity index (χ1) is 6.19. The van der Waals surface area contributed by atoms with Crippen LogP contribution in [0.2, 0.25) is 5.02 Å². The van der Waals surface area contributed by atoms with Crippen LogP contribution in [0.1, 0.15) is 6.92 Å². The van der Waals surface area contributed by atoms with E-state index in [1.54, 1.807) is 6.07 Å². The van der Waals surface area contributed by atoms with Gasteiger partial charge >= 0.3 is 0 Å². The Morgan fingerprint density at radius 1 is 1.62 bits per heavy atom. The number of nitrogen functional groups attached to an aromatic ring is 1. The lowest BCUT2D eigenvalue weighted by molar-refractivity contribution is 0.340. The standard InChI is InChI=1S/C8H11ClN2O2/c1-2-13-8-4-6(10)7(11-12)3-5(8)9/h3-4,11-12H,2,10H2,1H3. The molecule has 0 aliphatic rings. The van der Waals surface area contributed by atoms with Crippen molar-refractivity contribution in [2.45, 2.75) is 6.92 Å². The Balaban J connectivity index is 3.05. The lowest BCUT2D eigenvalue weighted by Crippen LogP contribution is -1.99. The van der Waals surface area contributed by atoms with E-state index in [-0.39, 0.29) is 0 Å². The zero-order valence-electron chi connectivity index (χ0n) is 7.17. The Bertz CT molecular complexity index is 304. The van der Waals surface area contributed by atoms with Crippen molar-refractivity contribution >= 4 is 23.0 Å². The molecular weight excluding hydrogens is 192 g/mol. The lowest BCUT2D eigenvalue weighted by Gasteiger charge is -2.09. The van der Waals surface area contributed by atoms with Crippen molar-refractivity contribution in [1.29, 1.82) is 0 Å². The quantitative estimate of drug-likeness (QED) is 0.519. The largest absolute Gasteiger partial charge is 0.492 e. The van der Waals surface area contributed by atoms with Gasteiger partial charge in [0.05, 0.1) is 23.0 Å². The van der Waals surface area contributed by atoms with Crippen LogP contribution in [0.15, 0.2) is 12.1 Å². The van der Waals surface area contributed by atoms with E-state index in [0.717, 1.165) is 0 Å². The van der Waals surface area contributed by atoms with Crippen molar-refractivity contribution in [2.75, 3.05) is 17.8 Å². The van der Waals surface area contributed by atoms with Crippen molar-refractivity contribution in [3.05, 3.63) is 17.2 Å². The number of benzene rings is 1. The van der Waals surface area contributed by atoms with Crippen molar-refractivity contribution < 1.29 is 9.94 Å². The molecule has 0 aliphatic carbocycles. The van der Waals surface area contributed by atoms with Gasteiger partial charge in [0.2, 0.25) is 0 Å². The highest BCUT2D eigenvalue weighted by Crippen LogP contribution is 2.32. The molecule has 0 aliphatic heterocycles. The van der Waals surface area contributed by atoms with Crippen LogP contribution in [0, 0.1) is 0 Å². The molecule has 0 spiro atoms. The molecule has 0 fully saturated rings. The van der Waals surface area contributed by atoms with E-state index in [1.807, 2.05) is 12.4 Å². The maximum Gasteiger partial charge on any atom is 0.140 e. The van der Waals surface area contributed by atoms with Gasteiger partial charge in [-0.25, -0.2) is 0 Å². The van der Waals surface area contributed by atoms with Gasteiger partial charge in [-0.3, -0.25) is 10.7 Å². The number of hydrogen-bond donors (Lipinski definition) is 3. The third kappa shape index (κ3) is 2.17. The Morgan fingerprint density at radius 3 is 2.85 bits per heavy atom. The van der Waals surface area contributed by atoms with Crippen LogP contribution in [-0.4, -0.2) is 11.8 Å². The first-order valence-corrected chi connectivity index (χ1v) is 4.18. The molecule has 0 amide bonds. The molecule has 0 radical (unpaired) electrons. The molecule has 4 nitrogen and oxygen atoms in total. The number of rotatable bonds is 3. The molecule has 0 heterocycles. The molecule has 1 rings (SSSR count). The number of hydrogen-bond acceptors (Lipinski definition) is 4. The average molecular weight is 203 g/mol. The summed E-state index contributed by atoms with van der Waals surface area (Å²) < 4.78 is 5.20. The van der Waals surface area contributed by atoms with Crippen LogP contribution in [0.3, 0.4) is 0 Å². The monoisotopic (exact) mass is 202 g/mol. The predicted octanol–water partition coefficient (Wildman–Crippen LogP) is 2.12. The molecular formula is C8H11ClN2O2. The summed E-state index contributed by atoms with van der Waals surface area (Å²) in [5.41, 5.74) is 8.26. The molecule has 13 heavy (non-hydrogen) atoms. The first kappa shape index (κ1) is 9.95. The second-order valence-corrected chi connectivity index (χ2v) is 2.82. The van der Waals surface area contributed by atoms with Gasteiger partial charge in [-0.15, -0.1) is 0 Å². The smallest absolute Gasteiger partial charge is 0.140 e. The van der Waals surface area contributed by atoms with Crippen molar-refractivity contribution in [3.8, 4) is 5.75 Å². The molecule has 0 bridgehead atoms. The third-order valence-corrected chi connectivity index (χ3v) is 1.82. The topological polar surface area (TPSA) is 67.5 Å². The second-order valence-electron chi connectivity index (χ2n) is 2.41. The van der Waals surface area contributed by atoms with Crippen LogP contribution >= 0.6 is 11.6 Å². The van der Waals surface area contributed by atoms with Crippen LogP contribution in [0.4, 0.5) is 11.4 Å². The van der Waals surface area contributed by atoms with Crippen LogP contribution < -0.4 is 16.0 Å². The molecule has 0 unspecified atom stereocenters. The molecule has 1 aromatic carbocycles. The van der Waals surface area contributed by atoms with Crippen molar-refractivity contribution in [1.82, 2.24) is 0 Å². The summed E-state index contributed by atoms with van der Waals surface area (Å²) in [7, 11) is 0. The minimum atomic E-state index is 0.369. The SMILES string of the molecule is CCOc1cc(N)c(NO)cc1Cl. The zero-order valence-corrected chi connectivity index (χ0v) is 7.93. The Labute approximate surface area is 81.2 Å². The number of anilines is 2. The molecule has 0 atom stereocenters. The molecule has 0 saturated heterocycles. The maximum atomic E-state index is 8.63. The van der Waals surface area contributed by atoms with Crippen LogP contribution in [0.25, 0.3) is 0 Å². The second kappa shape index (κ2) is 4.20. The normalized spacial score (nSPS) is 9.77. The summed E-state index contributed by atoms with van der Waals surface area (Å²) in [6, 6.07) is 3.06. The number of nitrogens with one attached hydrogen (secondary N) is 1. The van der Waals surface area contributed by atoms with E-state index in [9.17, 15) is 0 Å². The molecule has 72 valence electrons. The van der Waals surface area contributed by atoms with Gasteiger partial charge in [0, 0.05) is 6.07 Å². The summed E-state index contributed by atoms with van der Waals surface area (Å²) in [6.07, 6.45) is 0. The number of ether oxygens (including phenoxy) is 1. The Morgan fingerprint density at radius 2 is 2.31 bits per heavy atom. The number of nitrogens with two attached hydrogens (primary N) is 1. The van der Waals surface area contributed by atoms with E-state index >= 15 is 0 Å². The fourth-order valence-corrected chi connectivity index (χ4v) is 1.15. The molecule has 0 saturated carbocycles. The number of halogens is 1. The molecule has 1 aromatic rings. The average Bonchev–Trinajstić information content (AvgIpc) is 2.11. The predicted molar refractivity (Wildman–Crippen MR) is 52.4 cm³/mol. The first-order valence-electron chi connectivity index (χ1n) is 3.81. The summed E-state index contributed by atoms with van der Waals surface area (Å²) >= 11 is 5.83. The minimum absolute atomic E-state index is 0.369. The van der Waals surface area contributed by atoms with Gasteiger partial charge in [-0.2, -0.15) is 0 Å². The van der Waals surface area contributed by atoms with Gasteiger partial charge < -0.3 is 10.5 Å². The Kier molecular flexibility index (Phi) is 3.22. The van der Waals surface area contributed by atoms with Crippen LogP contribution in [0.5, 0.6) is 5.75 Å². The van der Waals surface area contributed by atoms with E-state index in [0.29, 0.717) is 28.8 Å².